The highest BCUT2D eigenvalue weighted by molar-refractivity contribution is 6.29. The van der Waals surface area contributed by atoms with Crippen LogP contribution >= 0.6 is 0 Å². The number of nitrogens with zero attached hydrogens (tertiary/aromatic N) is 2. The Morgan fingerprint density at radius 1 is 0.354 bits per heavy atom. The van der Waals surface area contributed by atoms with Crippen LogP contribution in [0.2, 0.25) is 0 Å². The van der Waals surface area contributed by atoms with Crippen molar-refractivity contribution in [3.63, 3.8) is 0 Å². The third-order valence-electron chi connectivity index (χ3n) is 12.9. The number of hydrogen-bond donors (Lipinski definition) is 0. The number of halogens is 3. The highest BCUT2D eigenvalue weighted by Gasteiger charge is 2.37. The van der Waals surface area contributed by atoms with Crippen LogP contribution in [0.4, 0.5) is 47.3 Å². The van der Waals surface area contributed by atoms with Gasteiger partial charge in [-0.15, -0.1) is 0 Å². The molecule has 10 aromatic carbocycles. The highest BCUT2D eigenvalue weighted by Crippen LogP contribution is 2.53. The Morgan fingerprint density at radius 2 is 0.800 bits per heavy atom. The zero-order chi connectivity index (χ0) is 45.2. The smallest absolute Gasteiger partial charge is 0.309 e. The number of hydrogen-bond acceptors (Lipinski definition) is 2. The third-order valence-corrected chi connectivity index (χ3v) is 12.9. The molecular weight excluding hydrogens is 806 g/mol. The van der Waals surface area contributed by atoms with Crippen LogP contribution in [-0.2, 0) is 11.6 Å². The van der Waals surface area contributed by atoms with Crippen LogP contribution in [0.25, 0.3) is 54.6 Å². The molecule has 0 N–H and O–H groups in total. The lowest BCUT2D eigenvalue weighted by molar-refractivity contribution is -0.137. The topological polar surface area (TPSA) is 6.48 Å². The Labute approximate surface area is 379 Å². The first kappa shape index (κ1) is 41.6. The number of rotatable bonds is 8. The number of anilines is 6. The predicted octanol–water partition coefficient (Wildman–Crippen LogP) is 18.1. The third kappa shape index (κ3) is 7.45. The van der Waals surface area contributed by atoms with E-state index in [1.54, 1.807) is 12.1 Å². The summed E-state index contributed by atoms with van der Waals surface area (Å²) >= 11 is 0. The lowest BCUT2D eigenvalue weighted by Crippen LogP contribution is -2.19. The molecule has 65 heavy (non-hydrogen) atoms. The fourth-order valence-corrected chi connectivity index (χ4v) is 9.50. The van der Waals surface area contributed by atoms with E-state index in [1.807, 2.05) is 72.5 Å². The van der Waals surface area contributed by atoms with Gasteiger partial charge >= 0.3 is 6.18 Å². The summed E-state index contributed by atoms with van der Waals surface area (Å²) in [5.74, 6) is 0. The molecule has 0 aromatic heterocycles. The molecule has 0 saturated carbocycles. The minimum atomic E-state index is -4.64. The summed E-state index contributed by atoms with van der Waals surface area (Å²) in [6, 6.07) is 62.8. The van der Waals surface area contributed by atoms with E-state index in [4.69, 9.17) is 0 Å². The van der Waals surface area contributed by atoms with Crippen molar-refractivity contribution in [2.75, 3.05) is 9.80 Å². The molecule has 10 rings (SSSR count). The molecule has 0 radical (unpaired) electrons. The molecule has 0 aliphatic rings. The minimum absolute atomic E-state index is 0.0500. The van der Waals surface area contributed by atoms with Gasteiger partial charge in [0.05, 0.1) is 22.6 Å². The lowest BCUT2D eigenvalue weighted by Gasteiger charge is -2.35. The molecule has 0 aliphatic carbocycles. The molecule has 0 bridgehead atoms. The fraction of sp³-hybridized carbons (Fsp3) is 0.133. The highest BCUT2D eigenvalue weighted by atomic mass is 19.4. The van der Waals surface area contributed by atoms with Crippen molar-refractivity contribution in [2.45, 2.75) is 53.1 Å². The standard InChI is InChI=1S/C60H49F3N2/c1-38-17-13-15-23-51(38)64(53-35-43(27-25-39(53)2)41-18-9-7-10-19-41)55-37-56(49-32-30-46-34-47(59(4,5)6)33-45-29-31-48(55)58(49)57(45)46)65(52-24-16-14-22-50(52)60(61,62)63)54-36-44(28-26-40(54)3)42-20-11-8-12-21-42/h7-37H,1-6H3. The Kier molecular flexibility index (Phi) is 10.3. The van der Waals surface area contributed by atoms with Gasteiger partial charge in [-0.05, 0) is 123 Å². The summed E-state index contributed by atoms with van der Waals surface area (Å²) in [6.07, 6.45) is -4.64. The number of aryl methyl sites for hydroxylation is 3. The molecule has 0 heterocycles. The summed E-state index contributed by atoms with van der Waals surface area (Å²) in [6.45, 7) is 12.9. The van der Waals surface area contributed by atoms with E-state index in [-0.39, 0.29) is 11.1 Å². The maximum Gasteiger partial charge on any atom is 0.418 e. The van der Waals surface area contributed by atoms with Crippen LogP contribution in [-0.4, -0.2) is 0 Å². The van der Waals surface area contributed by atoms with Crippen LogP contribution in [0, 0.1) is 20.8 Å². The van der Waals surface area contributed by atoms with Gasteiger partial charge in [0.2, 0.25) is 0 Å². The molecule has 5 heteroatoms. The Hall–Kier alpha value is -7.37. The van der Waals surface area contributed by atoms with E-state index < -0.39 is 11.7 Å². The maximum absolute atomic E-state index is 15.5. The first-order chi connectivity index (χ1) is 31.3. The maximum atomic E-state index is 15.5. The fourth-order valence-electron chi connectivity index (χ4n) is 9.50. The molecule has 0 atom stereocenters. The van der Waals surface area contributed by atoms with Gasteiger partial charge in [0.15, 0.2) is 0 Å². The van der Waals surface area contributed by atoms with Gasteiger partial charge in [0.25, 0.3) is 0 Å². The van der Waals surface area contributed by atoms with Gasteiger partial charge in [-0.2, -0.15) is 13.2 Å². The summed E-state index contributed by atoms with van der Waals surface area (Å²) in [7, 11) is 0. The second-order valence-corrected chi connectivity index (χ2v) is 18.3. The molecular formula is C60H49F3N2. The van der Waals surface area contributed by atoms with E-state index in [0.29, 0.717) is 11.4 Å². The largest absolute Gasteiger partial charge is 0.418 e. The van der Waals surface area contributed by atoms with Gasteiger partial charge in [-0.25, -0.2) is 0 Å². The summed E-state index contributed by atoms with van der Waals surface area (Å²) in [5, 5.41) is 6.10. The number of benzene rings is 10. The molecule has 0 unspecified atom stereocenters. The van der Waals surface area contributed by atoms with Crippen LogP contribution < -0.4 is 9.80 Å². The summed E-state index contributed by atoms with van der Waals surface area (Å²) in [4.78, 5) is 4.19. The lowest BCUT2D eigenvalue weighted by atomic mass is 9.83. The molecule has 0 saturated heterocycles. The first-order valence-corrected chi connectivity index (χ1v) is 22.2. The quantitative estimate of drug-likeness (QED) is 0.141. The Balaban J connectivity index is 1.38. The summed E-state index contributed by atoms with van der Waals surface area (Å²) < 4.78 is 46.6. The van der Waals surface area contributed by atoms with Crippen molar-refractivity contribution in [3.05, 3.63) is 216 Å². The van der Waals surface area contributed by atoms with E-state index in [1.165, 1.54) is 17.7 Å². The Morgan fingerprint density at radius 3 is 1.29 bits per heavy atom. The van der Waals surface area contributed by atoms with Crippen LogP contribution in [0.15, 0.2) is 188 Å². The van der Waals surface area contributed by atoms with Gasteiger partial charge in [0.1, 0.15) is 0 Å². The normalized spacial score (nSPS) is 12.1. The monoisotopic (exact) mass is 854 g/mol. The van der Waals surface area contributed by atoms with E-state index in [2.05, 4.69) is 143 Å². The molecule has 2 nitrogen and oxygen atoms in total. The van der Waals surface area contributed by atoms with Gasteiger partial charge < -0.3 is 9.80 Å². The predicted molar refractivity (Wildman–Crippen MR) is 268 cm³/mol. The second-order valence-electron chi connectivity index (χ2n) is 18.3. The second kappa shape index (κ2) is 16.0. The van der Waals surface area contributed by atoms with Crippen molar-refractivity contribution in [1.82, 2.24) is 0 Å². The van der Waals surface area contributed by atoms with Gasteiger partial charge in [0, 0.05) is 33.2 Å². The molecule has 10 aromatic rings. The summed E-state index contributed by atoms with van der Waals surface area (Å²) in [5.41, 5.74) is 11.5. The van der Waals surface area contributed by atoms with Crippen LogP contribution in [0.1, 0.15) is 48.6 Å². The van der Waals surface area contributed by atoms with Crippen molar-refractivity contribution in [2.24, 2.45) is 0 Å². The zero-order valence-corrected chi connectivity index (χ0v) is 37.4. The molecule has 0 amide bonds. The van der Waals surface area contributed by atoms with E-state index >= 15 is 13.2 Å². The first-order valence-electron chi connectivity index (χ1n) is 22.2. The average Bonchev–Trinajstić information content (AvgIpc) is 3.30. The molecule has 0 aliphatic heterocycles. The van der Waals surface area contributed by atoms with E-state index in [9.17, 15) is 0 Å². The zero-order valence-electron chi connectivity index (χ0n) is 37.4. The Bertz CT molecular complexity index is 3360. The van der Waals surface area contributed by atoms with Crippen LogP contribution in [0.3, 0.4) is 0 Å². The molecule has 0 spiro atoms. The average molecular weight is 855 g/mol. The van der Waals surface area contributed by atoms with Crippen molar-refractivity contribution in [3.8, 4) is 22.3 Å². The number of alkyl halides is 3. The van der Waals surface area contributed by atoms with Gasteiger partial charge in [-0.1, -0.05) is 172 Å². The van der Waals surface area contributed by atoms with Crippen LogP contribution in [0.5, 0.6) is 0 Å². The SMILES string of the molecule is Cc1ccccc1N(c1cc(-c2ccccc2)ccc1C)c1cc(N(c2cc(-c3ccccc3)ccc2C)c2ccccc2C(F)(F)F)c2ccc3cc(C(C)(C)C)cc4ccc1c2c43. The molecule has 320 valence electrons. The van der Waals surface area contributed by atoms with Crippen molar-refractivity contribution in [1.29, 1.82) is 0 Å². The van der Waals surface area contributed by atoms with E-state index in [0.717, 1.165) is 88.3 Å². The minimum Gasteiger partial charge on any atom is -0.309 e. The van der Waals surface area contributed by atoms with Crippen molar-refractivity contribution >= 4 is 66.4 Å². The number of para-hydroxylation sites is 2. The molecule has 0 fully saturated rings. The van der Waals surface area contributed by atoms with Gasteiger partial charge in [-0.3, -0.25) is 0 Å². The van der Waals surface area contributed by atoms with Crippen molar-refractivity contribution < 1.29 is 13.2 Å².